The molecule has 0 aliphatic heterocycles. The molecule has 2 heterocycles. The SMILES string of the molecule is COC(=O)c1c(NC(C)=O)c2cc(N[C@H](C)CC(C)(C)O)cnc2n1CCc1ccc(OC)cc1. The molecule has 3 rings (SSSR count). The molecule has 1 amide bonds. The van der Waals surface area contributed by atoms with E-state index in [2.05, 4.69) is 15.6 Å². The summed E-state index contributed by atoms with van der Waals surface area (Å²) in [5, 5.41) is 16.9. The predicted molar refractivity (Wildman–Crippen MR) is 136 cm³/mol. The number of aliphatic hydroxyl groups is 1. The minimum Gasteiger partial charge on any atom is -0.497 e. The summed E-state index contributed by atoms with van der Waals surface area (Å²) in [5.41, 5.74) is 2.10. The van der Waals surface area contributed by atoms with Gasteiger partial charge < -0.3 is 29.8 Å². The Kier molecular flexibility index (Phi) is 8.01. The Morgan fingerprint density at radius 2 is 1.89 bits per heavy atom. The number of aryl methyl sites for hydroxylation is 2. The van der Waals surface area contributed by atoms with Gasteiger partial charge in [0.1, 0.15) is 11.4 Å². The number of ether oxygens (including phenoxy) is 2. The maximum Gasteiger partial charge on any atom is 0.356 e. The fourth-order valence-electron chi connectivity index (χ4n) is 4.25. The second kappa shape index (κ2) is 10.8. The monoisotopic (exact) mass is 482 g/mol. The largest absolute Gasteiger partial charge is 0.497 e. The van der Waals surface area contributed by atoms with Crippen LogP contribution in [0.25, 0.3) is 11.0 Å². The van der Waals surface area contributed by atoms with Crippen molar-refractivity contribution in [2.45, 2.75) is 58.7 Å². The summed E-state index contributed by atoms with van der Waals surface area (Å²) < 4.78 is 12.1. The molecule has 0 radical (unpaired) electrons. The summed E-state index contributed by atoms with van der Waals surface area (Å²) in [6, 6.07) is 9.53. The Labute approximate surface area is 205 Å². The Bertz CT molecular complexity index is 1200. The Hall–Kier alpha value is -3.59. The average Bonchev–Trinajstić information content (AvgIpc) is 3.08. The second-order valence-corrected chi connectivity index (χ2v) is 9.30. The van der Waals surface area contributed by atoms with E-state index in [1.165, 1.54) is 14.0 Å². The number of rotatable bonds is 10. The average molecular weight is 483 g/mol. The number of benzene rings is 1. The molecule has 1 atom stereocenters. The first-order chi connectivity index (χ1) is 16.5. The Balaban J connectivity index is 2.04. The number of pyridine rings is 1. The molecule has 3 N–H and O–H groups in total. The Morgan fingerprint density at radius 1 is 1.20 bits per heavy atom. The molecule has 9 nitrogen and oxygen atoms in total. The van der Waals surface area contributed by atoms with Crippen LogP contribution in [0.1, 0.15) is 50.2 Å². The first-order valence-corrected chi connectivity index (χ1v) is 11.5. The van der Waals surface area contributed by atoms with E-state index in [0.717, 1.165) is 11.3 Å². The highest BCUT2D eigenvalue weighted by Gasteiger charge is 2.26. The fraction of sp³-hybridized carbons (Fsp3) is 0.423. The third-order valence-electron chi connectivity index (χ3n) is 5.58. The fourth-order valence-corrected chi connectivity index (χ4v) is 4.25. The maximum atomic E-state index is 12.8. The zero-order chi connectivity index (χ0) is 25.8. The molecule has 0 spiro atoms. The van der Waals surface area contributed by atoms with Crippen molar-refractivity contribution in [1.29, 1.82) is 0 Å². The van der Waals surface area contributed by atoms with Crippen molar-refractivity contribution in [2.24, 2.45) is 0 Å². The summed E-state index contributed by atoms with van der Waals surface area (Å²) in [7, 11) is 2.93. The number of hydrogen-bond acceptors (Lipinski definition) is 7. The van der Waals surface area contributed by atoms with Crippen LogP contribution in [0.5, 0.6) is 5.75 Å². The third-order valence-corrected chi connectivity index (χ3v) is 5.58. The summed E-state index contributed by atoms with van der Waals surface area (Å²) in [6.07, 6.45) is 2.84. The number of anilines is 2. The van der Waals surface area contributed by atoms with Crippen LogP contribution >= 0.6 is 0 Å². The van der Waals surface area contributed by atoms with Gasteiger partial charge in [-0.2, -0.15) is 0 Å². The molecular formula is C26H34N4O5. The molecule has 0 aliphatic rings. The van der Waals surface area contributed by atoms with Crippen molar-refractivity contribution in [3.8, 4) is 5.75 Å². The molecule has 0 fully saturated rings. The van der Waals surface area contributed by atoms with Crippen LogP contribution in [0.2, 0.25) is 0 Å². The van der Waals surface area contributed by atoms with Gasteiger partial charge in [-0.15, -0.1) is 0 Å². The van der Waals surface area contributed by atoms with Crippen molar-refractivity contribution in [3.05, 3.63) is 47.8 Å². The van der Waals surface area contributed by atoms with Gasteiger partial charge in [-0.3, -0.25) is 4.79 Å². The molecule has 1 aromatic carbocycles. The van der Waals surface area contributed by atoms with E-state index >= 15 is 0 Å². The highest BCUT2D eigenvalue weighted by atomic mass is 16.5. The first-order valence-electron chi connectivity index (χ1n) is 11.5. The zero-order valence-electron chi connectivity index (χ0n) is 21.1. The molecule has 3 aromatic rings. The number of esters is 1. The van der Waals surface area contributed by atoms with Gasteiger partial charge in [-0.1, -0.05) is 12.1 Å². The van der Waals surface area contributed by atoms with Crippen LogP contribution in [0.4, 0.5) is 11.4 Å². The van der Waals surface area contributed by atoms with Crippen molar-refractivity contribution in [1.82, 2.24) is 9.55 Å². The number of fused-ring (bicyclic) bond motifs is 1. The number of nitrogens with zero attached hydrogens (tertiary/aromatic N) is 2. The Morgan fingerprint density at radius 3 is 2.46 bits per heavy atom. The lowest BCUT2D eigenvalue weighted by molar-refractivity contribution is -0.114. The molecule has 9 heteroatoms. The van der Waals surface area contributed by atoms with E-state index in [9.17, 15) is 14.7 Å². The lowest BCUT2D eigenvalue weighted by atomic mass is 10.0. The highest BCUT2D eigenvalue weighted by Crippen LogP contribution is 2.33. The maximum absolute atomic E-state index is 12.8. The molecular weight excluding hydrogens is 448 g/mol. The topological polar surface area (TPSA) is 115 Å². The quantitative estimate of drug-likeness (QED) is 0.374. The predicted octanol–water partition coefficient (Wildman–Crippen LogP) is 3.99. The molecule has 0 unspecified atom stereocenters. The van der Waals surface area contributed by atoms with Gasteiger partial charge in [0, 0.05) is 24.9 Å². The van der Waals surface area contributed by atoms with E-state index in [0.29, 0.717) is 41.8 Å². The van der Waals surface area contributed by atoms with Crippen molar-refractivity contribution < 1.29 is 24.2 Å². The smallest absolute Gasteiger partial charge is 0.356 e. The summed E-state index contributed by atoms with van der Waals surface area (Å²) in [5.74, 6) is -0.103. The van der Waals surface area contributed by atoms with Gasteiger partial charge in [-0.05, 0) is 57.4 Å². The number of amides is 1. The molecule has 0 saturated carbocycles. The minimum absolute atomic E-state index is 0.0318. The number of carbonyl (C=O) groups is 2. The van der Waals surface area contributed by atoms with Crippen LogP contribution in [0, 0.1) is 0 Å². The van der Waals surface area contributed by atoms with Gasteiger partial charge >= 0.3 is 5.97 Å². The van der Waals surface area contributed by atoms with E-state index in [-0.39, 0.29) is 17.6 Å². The van der Waals surface area contributed by atoms with Crippen LogP contribution in [0.3, 0.4) is 0 Å². The van der Waals surface area contributed by atoms with Crippen molar-refractivity contribution in [3.63, 3.8) is 0 Å². The van der Waals surface area contributed by atoms with E-state index < -0.39 is 11.6 Å². The molecule has 35 heavy (non-hydrogen) atoms. The van der Waals surface area contributed by atoms with Crippen LogP contribution < -0.4 is 15.4 Å². The minimum atomic E-state index is -0.825. The van der Waals surface area contributed by atoms with Gasteiger partial charge in [0.05, 0.1) is 37.4 Å². The molecule has 0 saturated heterocycles. The number of hydrogen-bond donors (Lipinski definition) is 3. The van der Waals surface area contributed by atoms with Gasteiger partial charge in [0.25, 0.3) is 0 Å². The number of nitrogens with one attached hydrogen (secondary N) is 2. The van der Waals surface area contributed by atoms with Crippen molar-refractivity contribution in [2.75, 3.05) is 24.9 Å². The van der Waals surface area contributed by atoms with Gasteiger partial charge in [0.2, 0.25) is 5.91 Å². The van der Waals surface area contributed by atoms with Crippen LogP contribution in [-0.2, 0) is 22.5 Å². The lowest BCUT2D eigenvalue weighted by Gasteiger charge is -2.23. The molecule has 188 valence electrons. The highest BCUT2D eigenvalue weighted by molar-refractivity contribution is 6.10. The summed E-state index contributed by atoms with van der Waals surface area (Å²) in [4.78, 5) is 29.5. The second-order valence-electron chi connectivity index (χ2n) is 9.30. The van der Waals surface area contributed by atoms with E-state index in [1.807, 2.05) is 37.3 Å². The first kappa shape index (κ1) is 26.0. The van der Waals surface area contributed by atoms with E-state index in [1.54, 1.807) is 31.7 Å². The van der Waals surface area contributed by atoms with Crippen LogP contribution in [0.15, 0.2) is 36.5 Å². The van der Waals surface area contributed by atoms with Gasteiger partial charge in [0.15, 0.2) is 5.69 Å². The van der Waals surface area contributed by atoms with Crippen molar-refractivity contribution >= 4 is 34.3 Å². The third kappa shape index (κ3) is 6.51. The number of carbonyl (C=O) groups excluding carboxylic acids is 2. The zero-order valence-corrected chi connectivity index (χ0v) is 21.1. The lowest BCUT2D eigenvalue weighted by Crippen LogP contribution is -2.29. The normalized spacial score (nSPS) is 12.3. The molecule has 2 aromatic heterocycles. The number of methoxy groups -OCH3 is 2. The number of aromatic nitrogens is 2. The summed E-state index contributed by atoms with van der Waals surface area (Å²) in [6.45, 7) is 7.32. The van der Waals surface area contributed by atoms with Crippen LogP contribution in [-0.4, -0.2) is 52.4 Å². The standard InChI is InChI=1S/C26H34N4O5/c1-16(14-26(3,4)33)28-19-13-21-22(29-17(2)31)23(25(32)35-6)30(24(21)27-15-19)12-11-18-7-9-20(34-5)10-8-18/h7-10,13,15-16,28,33H,11-12,14H2,1-6H3,(H,29,31)/t16-/m1/s1. The molecule has 0 aliphatic carbocycles. The van der Waals surface area contributed by atoms with Gasteiger partial charge in [-0.25, -0.2) is 9.78 Å². The molecule has 0 bridgehead atoms. The summed E-state index contributed by atoms with van der Waals surface area (Å²) >= 11 is 0. The van der Waals surface area contributed by atoms with E-state index in [4.69, 9.17) is 9.47 Å².